The first-order chi connectivity index (χ1) is 12.1. The van der Waals surface area contributed by atoms with E-state index in [9.17, 15) is 13.2 Å². The van der Waals surface area contributed by atoms with Gasteiger partial charge in [-0.05, 0) is 56.2 Å². The fourth-order valence-corrected chi connectivity index (χ4v) is 3.82. The van der Waals surface area contributed by atoms with E-state index in [0.29, 0.717) is 17.1 Å². The number of benzene rings is 2. The molecule has 0 aromatic heterocycles. The third-order valence-electron chi connectivity index (χ3n) is 4.20. The standard InChI is InChI=1S/C19H24N2O4S/c1-13-10-11-16(12-14(13)2)21(26(5,23)24)15(3)19(22)20-17-8-6-7-9-18(17)25-4/h6-12,15H,1-5H3,(H,20,22)/t15-/m0/s1. The summed E-state index contributed by atoms with van der Waals surface area (Å²) in [5.74, 6) is 0.0586. The number of carbonyl (C=O) groups is 1. The van der Waals surface area contributed by atoms with Gasteiger partial charge in [0.05, 0.1) is 24.7 Å². The lowest BCUT2D eigenvalue weighted by Crippen LogP contribution is -2.45. The molecule has 1 atom stereocenters. The van der Waals surface area contributed by atoms with Gasteiger partial charge in [0.2, 0.25) is 15.9 Å². The van der Waals surface area contributed by atoms with Gasteiger partial charge in [-0.2, -0.15) is 0 Å². The number of carbonyl (C=O) groups excluding carboxylic acids is 1. The highest BCUT2D eigenvalue weighted by atomic mass is 32.2. The number of nitrogens with zero attached hydrogens (tertiary/aromatic N) is 1. The van der Waals surface area contributed by atoms with E-state index in [-0.39, 0.29) is 0 Å². The van der Waals surface area contributed by atoms with Gasteiger partial charge in [0.25, 0.3) is 0 Å². The number of anilines is 2. The van der Waals surface area contributed by atoms with Gasteiger partial charge in [-0.3, -0.25) is 9.10 Å². The summed E-state index contributed by atoms with van der Waals surface area (Å²) in [7, 11) is -2.15. The zero-order valence-electron chi connectivity index (χ0n) is 15.6. The highest BCUT2D eigenvalue weighted by Crippen LogP contribution is 2.26. The molecule has 0 saturated carbocycles. The second-order valence-electron chi connectivity index (χ2n) is 6.19. The van der Waals surface area contributed by atoms with Crippen molar-refractivity contribution in [2.45, 2.75) is 26.8 Å². The fraction of sp³-hybridized carbons (Fsp3) is 0.316. The SMILES string of the molecule is COc1ccccc1NC(=O)[C@H](C)N(c1ccc(C)c(C)c1)S(C)(=O)=O. The van der Waals surface area contributed by atoms with Crippen molar-refractivity contribution >= 4 is 27.3 Å². The maximum atomic E-state index is 12.7. The maximum absolute atomic E-state index is 12.7. The second kappa shape index (κ2) is 7.78. The molecule has 0 aliphatic heterocycles. The fourth-order valence-electron chi connectivity index (χ4n) is 2.66. The van der Waals surface area contributed by atoms with Crippen molar-refractivity contribution in [2.75, 3.05) is 23.0 Å². The van der Waals surface area contributed by atoms with Crippen LogP contribution in [0, 0.1) is 13.8 Å². The van der Waals surface area contributed by atoms with E-state index in [4.69, 9.17) is 4.74 Å². The molecule has 0 saturated heterocycles. The van der Waals surface area contributed by atoms with Crippen LogP contribution in [0.4, 0.5) is 11.4 Å². The third-order valence-corrected chi connectivity index (χ3v) is 5.44. The Balaban J connectivity index is 2.36. The van der Waals surface area contributed by atoms with E-state index in [1.165, 1.54) is 7.11 Å². The van der Waals surface area contributed by atoms with Gasteiger partial charge in [-0.15, -0.1) is 0 Å². The zero-order chi connectivity index (χ0) is 19.5. The summed E-state index contributed by atoms with van der Waals surface area (Å²) in [6.45, 7) is 5.40. The average Bonchev–Trinajstić information content (AvgIpc) is 2.57. The lowest BCUT2D eigenvalue weighted by Gasteiger charge is -2.29. The zero-order valence-corrected chi connectivity index (χ0v) is 16.4. The molecule has 0 heterocycles. The van der Waals surface area contributed by atoms with Crippen LogP contribution in [0.2, 0.25) is 0 Å². The Morgan fingerprint density at radius 2 is 1.77 bits per heavy atom. The van der Waals surface area contributed by atoms with Crippen molar-refractivity contribution in [3.05, 3.63) is 53.6 Å². The predicted octanol–water partition coefficient (Wildman–Crippen LogP) is 3.11. The van der Waals surface area contributed by atoms with Gasteiger partial charge < -0.3 is 10.1 Å². The second-order valence-corrected chi connectivity index (χ2v) is 8.05. The molecule has 1 N–H and O–H groups in total. The maximum Gasteiger partial charge on any atom is 0.248 e. The average molecular weight is 376 g/mol. The van der Waals surface area contributed by atoms with Gasteiger partial charge in [0.1, 0.15) is 11.8 Å². The molecule has 2 rings (SSSR count). The van der Waals surface area contributed by atoms with Crippen LogP contribution < -0.4 is 14.4 Å². The molecule has 0 fully saturated rings. The van der Waals surface area contributed by atoms with Crippen LogP contribution in [0.15, 0.2) is 42.5 Å². The molecular formula is C19H24N2O4S. The summed E-state index contributed by atoms with van der Waals surface area (Å²) < 4.78 is 31.1. The minimum atomic E-state index is -3.66. The molecule has 0 aliphatic carbocycles. The summed E-state index contributed by atoms with van der Waals surface area (Å²) in [5, 5.41) is 2.74. The molecule has 0 radical (unpaired) electrons. The van der Waals surface area contributed by atoms with E-state index >= 15 is 0 Å². The molecule has 2 aromatic rings. The molecule has 0 aliphatic rings. The van der Waals surface area contributed by atoms with Crippen LogP contribution in [-0.4, -0.2) is 33.7 Å². The number of methoxy groups -OCH3 is 1. The first kappa shape index (κ1) is 19.8. The van der Waals surface area contributed by atoms with Crippen molar-refractivity contribution in [3.8, 4) is 5.75 Å². The molecule has 6 nitrogen and oxygen atoms in total. The third kappa shape index (κ3) is 4.35. The molecule has 0 bridgehead atoms. The summed E-state index contributed by atoms with van der Waals surface area (Å²) in [6, 6.07) is 11.4. The van der Waals surface area contributed by atoms with E-state index in [1.54, 1.807) is 43.3 Å². The van der Waals surface area contributed by atoms with Gasteiger partial charge >= 0.3 is 0 Å². The van der Waals surface area contributed by atoms with Crippen molar-refractivity contribution in [2.24, 2.45) is 0 Å². The Morgan fingerprint density at radius 1 is 1.12 bits per heavy atom. The highest BCUT2D eigenvalue weighted by molar-refractivity contribution is 7.92. The number of hydrogen-bond acceptors (Lipinski definition) is 4. The van der Waals surface area contributed by atoms with Gasteiger partial charge in [-0.1, -0.05) is 18.2 Å². The molecule has 140 valence electrons. The van der Waals surface area contributed by atoms with Crippen LogP contribution in [0.5, 0.6) is 5.75 Å². The molecule has 26 heavy (non-hydrogen) atoms. The van der Waals surface area contributed by atoms with Crippen LogP contribution in [0.1, 0.15) is 18.1 Å². The van der Waals surface area contributed by atoms with E-state index in [1.807, 2.05) is 19.9 Å². The molecule has 7 heteroatoms. The molecule has 1 amide bonds. The van der Waals surface area contributed by atoms with Crippen LogP contribution in [-0.2, 0) is 14.8 Å². The number of nitrogens with one attached hydrogen (secondary N) is 1. The summed E-state index contributed by atoms with van der Waals surface area (Å²) in [6.07, 6.45) is 1.09. The number of rotatable bonds is 6. The number of para-hydroxylation sites is 2. The summed E-state index contributed by atoms with van der Waals surface area (Å²) in [5.41, 5.74) is 2.94. The van der Waals surface area contributed by atoms with E-state index < -0.39 is 22.0 Å². The number of amides is 1. The molecule has 2 aromatic carbocycles. The number of hydrogen-bond donors (Lipinski definition) is 1. The van der Waals surface area contributed by atoms with Crippen LogP contribution in [0.25, 0.3) is 0 Å². The quantitative estimate of drug-likeness (QED) is 0.840. The Bertz CT molecular complexity index is 910. The molecule has 0 unspecified atom stereocenters. The van der Waals surface area contributed by atoms with Crippen molar-refractivity contribution in [1.29, 1.82) is 0 Å². The Kier molecular flexibility index (Phi) is 5.92. The lowest BCUT2D eigenvalue weighted by atomic mass is 10.1. The summed E-state index contributed by atoms with van der Waals surface area (Å²) >= 11 is 0. The van der Waals surface area contributed by atoms with Crippen LogP contribution in [0.3, 0.4) is 0 Å². The molecular weight excluding hydrogens is 352 g/mol. The monoisotopic (exact) mass is 376 g/mol. The Hall–Kier alpha value is -2.54. The van der Waals surface area contributed by atoms with Gasteiger partial charge in [0, 0.05) is 0 Å². The number of sulfonamides is 1. The largest absolute Gasteiger partial charge is 0.495 e. The first-order valence-corrected chi connectivity index (χ1v) is 10.0. The summed E-state index contributed by atoms with van der Waals surface area (Å²) in [4.78, 5) is 12.7. The first-order valence-electron chi connectivity index (χ1n) is 8.15. The molecule has 0 spiro atoms. The number of aryl methyl sites for hydroxylation is 2. The van der Waals surface area contributed by atoms with Crippen molar-refractivity contribution in [3.63, 3.8) is 0 Å². The highest BCUT2D eigenvalue weighted by Gasteiger charge is 2.29. The van der Waals surface area contributed by atoms with Crippen LogP contribution >= 0.6 is 0 Å². The topological polar surface area (TPSA) is 75.7 Å². The number of ether oxygens (including phenoxy) is 1. The minimum Gasteiger partial charge on any atom is -0.495 e. The van der Waals surface area contributed by atoms with Crippen molar-refractivity contribution in [1.82, 2.24) is 0 Å². The van der Waals surface area contributed by atoms with Gasteiger partial charge in [-0.25, -0.2) is 8.42 Å². The smallest absolute Gasteiger partial charge is 0.248 e. The van der Waals surface area contributed by atoms with E-state index in [2.05, 4.69) is 5.32 Å². The lowest BCUT2D eigenvalue weighted by molar-refractivity contribution is -0.116. The normalized spacial score (nSPS) is 12.3. The minimum absolute atomic E-state index is 0.446. The van der Waals surface area contributed by atoms with Gasteiger partial charge in [0.15, 0.2) is 0 Å². The Morgan fingerprint density at radius 3 is 2.35 bits per heavy atom. The Labute approximate surface area is 154 Å². The van der Waals surface area contributed by atoms with Crippen molar-refractivity contribution < 1.29 is 17.9 Å². The predicted molar refractivity (Wildman–Crippen MR) is 104 cm³/mol. The van der Waals surface area contributed by atoms with E-state index in [0.717, 1.165) is 21.7 Å².